The zero-order valence-corrected chi connectivity index (χ0v) is 9.67. The molecule has 0 aliphatic heterocycles. The molecule has 0 aliphatic carbocycles. The molecule has 0 aliphatic rings. The van der Waals surface area contributed by atoms with E-state index in [1.165, 1.54) is 11.1 Å². The number of allylic oxidation sites excluding steroid dienone is 1. The molecule has 0 atom stereocenters. The molecular formula is C12H9F3N2O. The molecule has 94 valence electrons. The standard InChI is InChI=1S/C12H9F3N2O/c1-17(2)6-7(5-16)12(18)8-3-10(14)11(15)4-9(8)13/h3-4,6H,1-2H3/b7-6+. The average molecular weight is 254 g/mol. The van der Waals surface area contributed by atoms with Crippen molar-refractivity contribution in [2.75, 3.05) is 14.1 Å². The highest BCUT2D eigenvalue weighted by atomic mass is 19.2. The minimum absolute atomic E-state index is 0.271. The molecule has 0 radical (unpaired) electrons. The molecule has 0 N–H and O–H groups in total. The van der Waals surface area contributed by atoms with E-state index in [-0.39, 0.29) is 11.6 Å². The molecule has 0 amide bonds. The van der Waals surface area contributed by atoms with E-state index in [1.54, 1.807) is 20.2 Å². The fourth-order valence-electron chi connectivity index (χ4n) is 1.24. The van der Waals surface area contributed by atoms with Crippen LogP contribution < -0.4 is 0 Å². The first-order chi connectivity index (χ1) is 8.36. The number of carbonyl (C=O) groups excluding carboxylic acids is 1. The van der Waals surface area contributed by atoms with Crippen LogP contribution in [0, 0.1) is 28.8 Å². The number of carbonyl (C=O) groups is 1. The van der Waals surface area contributed by atoms with Gasteiger partial charge in [-0.1, -0.05) is 0 Å². The number of nitriles is 1. The number of ketones is 1. The monoisotopic (exact) mass is 254 g/mol. The summed E-state index contributed by atoms with van der Waals surface area (Å²) >= 11 is 0. The van der Waals surface area contributed by atoms with Gasteiger partial charge >= 0.3 is 0 Å². The lowest BCUT2D eigenvalue weighted by molar-refractivity contribution is 0.103. The summed E-state index contributed by atoms with van der Waals surface area (Å²) < 4.78 is 39.0. The maximum absolute atomic E-state index is 13.3. The first-order valence-corrected chi connectivity index (χ1v) is 4.84. The zero-order valence-electron chi connectivity index (χ0n) is 9.67. The quantitative estimate of drug-likeness (QED) is 0.359. The Kier molecular flexibility index (Phi) is 4.10. The van der Waals surface area contributed by atoms with E-state index in [4.69, 9.17) is 5.26 Å². The zero-order chi connectivity index (χ0) is 13.9. The number of halogens is 3. The Morgan fingerprint density at radius 2 is 1.78 bits per heavy atom. The van der Waals surface area contributed by atoms with Crippen molar-refractivity contribution >= 4 is 5.78 Å². The van der Waals surface area contributed by atoms with Crippen LogP contribution in [0.4, 0.5) is 13.2 Å². The second-order valence-electron chi connectivity index (χ2n) is 3.69. The molecule has 0 saturated heterocycles. The lowest BCUT2D eigenvalue weighted by Gasteiger charge is -2.07. The van der Waals surface area contributed by atoms with Crippen LogP contribution in [-0.4, -0.2) is 24.8 Å². The third-order valence-electron chi connectivity index (χ3n) is 2.01. The predicted octanol–water partition coefficient (Wildman–Crippen LogP) is 2.26. The van der Waals surface area contributed by atoms with E-state index in [9.17, 15) is 18.0 Å². The van der Waals surface area contributed by atoms with Crippen LogP contribution in [0.25, 0.3) is 0 Å². The largest absolute Gasteiger partial charge is 0.382 e. The summed E-state index contributed by atoms with van der Waals surface area (Å²) in [5, 5.41) is 8.77. The normalized spacial score (nSPS) is 11.0. The van der Waals surface area contributed by atoms with Gasteiger partial charge in [0.25, 0.3) is 0 Å². The van der Waals surface area contributed by atoms with Crippen LogP contribution in [0.3, 0.4) is 0 Å². The molecule has 0 spiro atoms. The van der Waals surface area contributed by atoms with Crippen molar-refractivity contribution < 1.29 is 18.0 Å². The SMILES string of the molecule is CN(C)/C=C(\C#N)C(=O)c1cc(F)c(F)cc1F. The second-order valence-corrected chi connectivity index (χ2v) is 3.69. The van der Waals surface area contributed by atoms with E-state index < -0.39 is 28.8 Å². The predicted molar refractivity (Wildman–Crippen MR) is 58.0 cm³/mol. The van der Waals surface area contributed by atoms with Crippen molar-refractivity contribution in [3.05, 3.63) is 46.9 Å². The first kappa shape index (κ1) is 13.8. The topological polar surface area (TPSA) is 44.1 Å². The Labute approximate surface area is 102 Å². The highest BCUT2D eigenvalue weighted by Crippen LogP contribution is 2.17. The number of hydrogen-bond donors (Lipinski definition) is 0. The van der Waals surface area contributed by atoms with Crippen molar-refractivity contribution in [2.45, 2.75) is 0 Å². The number of nitrogens with zero attached hydrogens (tertiary/aromatic N) is 2. The van der Waals surface area contributed by atoms with Crippen molar-refractivity contribution in [3.8, 4) is 6.07 Å². The third kappa shape index (κ3) is 2.88. The van der Waals surface area contributed by atoms with Gasteiger partial charge in [0.05, 0.1) is 5.56 Å². The summed E-state index contributed by atoms with van der Waals surface area (Å²) in [7, 11) is 3.12. The fourth-order valence-corrected chi connectivity index (χ4v) is 1.24. The number of benzene rings is 1. The maximum Gasteiger partial charge on any atom is 0.208 e. The van der Waals surface area contributed by atoms with Crippen LogP contribution in [0.2, 0.25) is 0 Å². The van der Waals surface area contributed by atoms with Gasteiger partial charge in [-0.3, -0.25) is 4.79 Å². The molecule has 1 aromatic carbocycles. The van der Waals surface area contributed by atoms with E-state index in [0.717, 1.165) is 0 Å². The first-order valence-electron chi connectivity index (χ1n) is 4.84. The molecular weight excluding hydrogens is 245 g/mol. The fraction of sp³-hybridized carbons (Fsp3) is 0.167. The Morgan fingerprint density at radius 3 is 2.28 bits per heavy atom. The van der Waals surface area contributed by atoms with Gasteiger partial charge in [0.2, 0.25) is 5.78 Å². The molecule has 0 aromatic heterocycles. The molecule has 6 heteroatoms. The Hall–Kier alpha value is -2.29. The van der Waals surface area contributed by atoms with Gasteiger partial charge in [-0.05, 0) is 6.07 Å². The molecule has 1 aromatic rings. The smallest absolute Gasteiger partial charge is 0.208 e. The molecule has 18 heavy (non-hydrogen) atoms. The Balaban J connectivity index is 3.27. The van der Waals surface area contributed by atoms with E-state index in [1.807, 2.05) is 0 Å². The number of Topliss-reactive ketones (excluding diaryl/α,β-unsaturated/α-hetero) is 1. The minimum Gasteiger partial charge on any atom is -0.382 e. The summed E-state index contributed by atoms with van der Waals surface area (Å²) in [6.07, 6.45) is 1.17. The summed E-state index contributed by atoms with van der Waals surface area (Å²) in [5.74, 6) is -4.94. The van der Waals surface area contributed by atoms with Gasteiger partial charge in [-0.15, -0.1) is 0 Å². The highest BCUT2D eigenvalue weighted by molar-refractivity contribution is 6.11. The second kappa shape index (κ2) is 5.36. The maximum atomic E-state index is 13.3. The lowest BCUT2D eigenvalue weighted by atomic mass is 10.0. The van der Waals surface area contributed by atoms with Gasteiger partial charge in [-0.25, -0.2) is 13.2 Å². The van der Waals surface area contributed by atoms with Crippen molar-refractivity contribution in [1.29, 1.82) is 5.26 Å². The Morgan fingerprint density at radius 1 is 1.22 bits per heavy atom. The van der Waals surface area contributed by atoms with Gasteiger partial charge in [0, 0.05) is 26.4 Å². The van der Waals surface area contributed by atoms with Gasteiger partial charge in [0.1, 0.15) is 17.5 Å². The molecule has 3 nitrogen and oxygen atoms in total. The summed E-state index contributed by atoms with van der Waals surface area (Å²) in [6, 6.07) is 2.29. The summed E-state index contributed by atoms with van der Waals surface area (Å²) in [4.78, 5) is 13.2. The minimum atomic E-state index is -1.39. The van der Waals surface area contributed by atoms with Crippen molar-refractivity contribution in [1.82, 2.24) is 4.90 Å². The highest BCUT2D eigenvalue weighted by Gasteiger charge is 2.19. The van der Waals surface area contributed by atoms with Crippen LogP contribution in [0.5, 0.6) is 0 Å². The van der Waals surface area contributed by atoms with Gasteiger partial charge < -0.3 is 4.90 Å². The number of rotatable bonds is 3. The van der Waals surface area contributed by atoms with Gasteiger partial charge in [0.15, 0.2) is 11.6 Å². The molecule has 0 unspecified atom stereocenters. The van der Waals surface area contributed by atoms with Crippen LogP contribution >= 0.6 is 0 Å². The third-order valence-corrected chi connectivity index (χ3v) is 2.01. The molecule has 0 saturated carbocycles. The Bertz CT molecular complexity index is 559. The van der Waals surface area contributed by atoms with Gasteiger partial charge in [-0.2, -0.15) is 5.26 Å². The van der Waals surface area contributed by atoms with E-state index in [0.29, 0.717) is 6.07 Å². The summed E-state index contributed by atoms with van der Waals surface area (Å²) in [5.41, 5.74) is -1.05. The lowest BCUT2D eigenvalue weighted by Crippen LogP contribution is -2.11. The number of hydrogen-bond acceptors (Lipinski definition) is 3. The molecule has 0 bridgehead atoms. The molecule has 1 rings (SSSR count). The van der Waals surface area contributed by atoms with Crippen molar-refractivity contribution in [2.24, 2.45) is 0 Å². The van der Waals surface area contributed by atoms with Crippen LogP contribution in [0.15, 0.2) is 23.9 Å². The summed E-state index contributed by atoms with van der Waals surface area (Å²) in [6.45, 7) is 0. The van der Waals surface area contributed by atoms with Crippen LogP contribution in [-0.2, 0) is 0 Å². The van der Waals surface area contributed by atoms with E-state index in [2.05, 4.69) is 0 Å². The van der Waals surface area contributed by atoms with E-state index >= 15 is 0 Å². The molecule has 0 fully saturated rings. The average Bonchev–Trinajstić information content (AvgIpc) is 2.29. The van der Waals surface area contributed by atoms with Crippen molar-refractivity contribution in [3.63, 3.8) is 0 Å². The van der Waals surface area contributed by atoms with Crippen LogP contribution in [0.1, 0.15) is 10.4 Å². The molecule has 0 heterocycles.